The second-order valence-electron chi connectivity index (χ2n) is 9.52. The van der Waals surface area contributed by atoms with E-state index in [1.165, 1.54) is 29.5 Å². The van der Waals surface area contributed by atoms with Crippen LogP contribution in [0.15, 0.2) is 36.4 Å². The lowest BCUT2D eigenvalue weighted by Gasteiger charge is -2.24. The van der Waals surface area contributed by atoms with Gasteiger partial charge in [-0.05, 0) is 86.4 Å². The van der Waals surface area contributed by atoms with Crippen LogP contribution < -0.4 is 10.6 Å². The molecule has 2 N–H and O–H groups in total. The zero-order valence-corrected chi connectivity index (χ0v) is 20.1. The van der Waals surface area contributed by atoms with Crippen molar-refractivity contribution in [1.82, 2.24) is 15.1 Å². The smallest absolute Gasteiger partial charge is 0.319 e. The van der Waals surface area contributed by atoms with Crippen LogP contribution in [0.2, 0.25) is 0 Å². The topological polar surface area (TPSA) is 64.7 Å². The molecule has 2 aromatic rings. The molecule has 1 unspecified atom stereocenters. The van der Waals surface area contributed by atoms with E-state index in [9.17, 15) is 9.59 Å². The molecule has 0 saturated carbocycles. The van der Waals surface area contributed by atoms with Gasteiger partial charge in [-0.1, -0.05) is 24.3 Å². The molecule has 0 bridgehead atoms. The van der Waals surface area contributed by atoms with Gasteiger partial charge in [-0.15, -0.1) is 0 Å². The summed E-state index contributed by atoms with van der Waals surface area (Å²) in [7, 11) is 3.61. The molecule has 1 saturated heterocycles. The van der Waals surface area contributed by atoms with Crippen molar-refractivity contribution in [3.05, 3.63) is 64.2 Å². The van der Waals surface area contributed by atoms with Crippen molar-refractivity contribution in [1.29, 1.82) is 0 Å². The van der Waals surface area contributed by atoms with Crippen LogP contribution in [0.5, 0.6) is 0 Å². The molecule has 1 atom stereocenters. The van der Waals surface area contributed by atoms with Gasteiger partial charge in [-0.2, -0.15) is 0 Å². The number of aryl methyl sites for hydroxylation is 1. The maximum absolute atomic E-state index is 12.9. The fraction of sp³-hybridized carbons (Fsp3) is 0.481. The standard InChI is InChI=1S/C27H36N4O2/c1-19-8-4-5-9-22(19)26(32)29-25-13-12-20(23-10-6-7-11-24(23)25)14-16-28-21-15-17-31(18-21)27(33)30(2)3/h4-5,8-9,12-13,21,28H,6-7,10-11,14-18H2,1-3H3,(H,29,32). The first kappa shape index (κ1) is 23.3. The number of hydrogen-bond donors (Lipinski definition) is 2. The van der Waals surface area contributed by atoms with E-state index in [1.54, 1.807) is 19.0 Å². The Balaban J connectivity index is 1.39. The first-order valence-electron chi connectivity index (χ1n) is 12.1. The molecule has 176 valence electrons. The molecule has 1 fully saturated rings. The van der Waals surface area contributed by atoms with Crippen molar-refractivity contribution in [2.24, 2.45) is 0 Å². The number of fused-ring (bicyclic) bond motifs is 1. The summed E-state index contributed by atoms with van der Waals surface area (Å²) < 4.78 is 0. The van der Waals surface area contributed by atoms with Crippen LogP contribution in [0.4, 0.5) is 10.5 Å². The van der Waals surface area contributed by atoms with Crippen LogP contribution in [0.25, 0.3) is 0 Å². The molecule has 0 radical (unpaired) electrons. The predicted molar refractivity (Wildman–Crippen MR) is 133 cm³/mol. The summed E-state index contributed by atoms with van der Waals surface area (Å²) in [5.41, 5.74) is 6.79. The zero-order valence-electron chi connectivity index (χ0n) is 20.1. The third-order valence-corrected chi connectivity index (χ3v) is 6.94. The molecule has 0 aromatic heterocycles. The SMILES string of the molecule is Cc1ccccc1C(=O)Nc1ccc(CCNC2CCN(C(=O)N(C)C)C2)c2c1CCCC2. The summed E-state index contributed by atoms with van der Waals surface area (Å²) >= 11 is 0. The fourth-order valence-electron chi connectivity index (χ4n) is 5.11. The number of carbonyl (C=O) groups excluding carboxylic acids is 2. The summed E-state index contributed by atoms with van der Waals surface area (Å²) in [6.07, 6.45) is 6.43. The minimum Gasteiger partial charge on any atom is -0.331 e. The number of nitrogens with one attached hydrogen (secondary N) is 2. The molecule has 4 rings (SSSR count). The van der Waals surface area contributed by atoms with Crippen molar-refractivity contribution in [3.63, 3.8) is 0 Å². The lowest BCUT2D eigenvalue weighted by molar-refractivity contribution is 0.102. The Morgan fingerprint density at radius 1 is 1.06 bits per heavy atom. The van der Waals surface area contributed by atoms with Gasteiger partial charge in [0.25, 0.3) is 5.91 Å². The van der Waals surface area contributed by atoms with E-state index in [-0.39, 0.29) is 11.9 Å². The Morgan fingerprint density at radius 3 is 2.58 bits per heavy atom. The molecule has 6 heteroatoms. The maximum Gasteiger partial charge on any atom is 0.319 e. The number of rotatable bonds is 6. The third kappa shape index (κ3) is 5.38. The highest BCUT2D eigenvalue weighted by Crippen LogP contribution is 2.31. The van der Waals surface area contributed by atoms with Gasteiger partial charge in [0.05, 0.1) is 0 Å². The molecule has 33 heavy (non-hydrogen) atoms. The Labute approximate surface area is 197 Å². The fourth-order valence-corrected chi connectivity index (χ4v) is 5.11. The van der Waals surface area contributed by atoms with Gasteiger partial charge < -0.3 is 20.4 Å². The van der Waals surface area contributed by atoms with Gasteiger partial charge in [-0.3, -0.25) is 4.79 Å². The number of carbonyl (C=O) groups is 2. The predicted octanol–water partition coefficient (Wildman–Crippen LogP) is 4.01. The molecule has 6 nitrogen and oxygen atoms in total. The normalized spacial score (nSPS) is 17.5. The van der Waals surface area contributed by atoms with Gasteiger partial charge in [0.2, 0.25) is 0 Å². The van der Waals surface area contributed by atoms with Gasteiger partial charge in [0, 0.05) is 44.5 Å². The number of anilines is 1. The van der Waals surface area contributed by atoms with Crippen molar-refractivity contribution < 1.29 is 9.59 Å². The van der Waals surface area contributed by atoms with Gasteiger partial charge in [0.15, 0.2) is 0 Å². The molecular formula is C27H36N4O2. The number of benzene rings is 2. The van der Waals surface area contributed by atoms with E-state index < -0.39 is 0 Å². The second kappa shape index (κ2) is 10.4. The molecule has 2 aliphatic rings. The molecular weight excluding hydrogens is 412 g/mol. The highest BCUT2D eigenvalue weighted by molar-refractivity contribution is 6.05. The lowest BCUT2D eigenvalue weighted by Crippen LogP contribution is -2.40. The lowest BCUT2D eigenvalue weighted by atomic mass is 9.86. The second-order valence-corrected chi connectivity index (χ2v) is 9.52. The number of amides is 3. The first-order chi connectivity index (χ1) is 15.9. The molecule has 0 spiro atoms. The van der Waals surface area contributed by atoms with Crippen LogP contribution in [-0.4, -0.2) is 61.5 Å². The summed E-state index contributed by atoms with van der Waals surface area (Å²) in [4.78, 5) is 28.6. The number of nitrogens with zero attached hydrogens (tertiary/aromatic N) is 2. The van der Waals surface area contributed by atoms with Crippen molar-refractivity contribution in [2.75, 3.05) is 39.0 Å². The van der Waals surface area contributed by atoms with Crippen LogP contribution in [-0.2, 0) is 19.3 Å². The number of likely N-dealkylation sites (tertiary alicyclic amines) is 1. The van der Waals surface area contributed by atoms with Crippen LogP contribution >= 0.6 is 0 Å². The van der Waals surface area contributed by atoms with Crippen LogP contribution in [0.1, 0.15) is 51.9 Å². The quantitative estimate of drug-likeness (QED) is 0.702. The molecule has 3 amide bonds. The Hall–Kier alpha value is -2.86. The molecule has 1 aliphatic heterocycles. The Morgan fingerprint density at radius 2 is 1.82 bits per heavy atom. The highest BCUT2D eigenvalue weighted by Gasteiger charge is 2.27. The van der Waals surface area contributed by atoms with Crippen molar-refractivity contribution in [3.8, 4) is 0 Å². The van der Waals surface area contributed by atoms with Crippen molar-refractivity contribution in [2.45, 2.75) is 51.5 Å². The van der Waals surface area contributed by atoms with E-state index in [0.29, 0.717) is 6.04 Å². The monoisotopic (exact) mass is 448 g/mol. The number of urea groups is 1. The largest absolute Gasteiger partial charge is 0.331 e. The van der Waals surface area contributed by atoms with E-state index in [1.807, 2.05) is 36.1 Å². The zero-order chi connectivity index (χ0) is 23.4. The van der Waals surface area contributed by atoms with Gasteiger partial charge in [0.1, 0.15) is 0 Å². The third-order valence-electron chi connectivity index (χ3n) is 6.94. The average Bonchev–Trinajstić information content (AvgIpc) is 3.29. The van der Waals surface area contributed by atoms with E-state index in [4.69, 9.17) is 0 Å². The molecule has 2 aromatic carbocycles. The maximum atomic E-state index is 12.9. The van der Waals surface area contributed by atoms with E-state index in [2.05, 4.69) is 22.8 Å². The summed E-state index contributed by atoms with van der Waals surface area (Å²) in [5.74, 6) is -0.0339. The molecule has 1 heterocycles. The number of hydrogen-bond acceptors (Lipinski definition) is 3. The van der Waals surface area contributed by atoms with Gasteiger partial charge in [-0.25, -0.2) is 4.79 Å². The summed E-state index contributed by atoms with van der Waals surface area (Å²) in [5, 5.41) is 6.84. The minimum absolute atomic E-state index is 0.0339. The van der Waals surface area contributed by atoms with E-state index >= 15 is 0 Å². The highest BCUT2D eigenvalue weighted by atomic mass is 16.2. The van der Waals surface area contributed by atoms with Crippen LogP contribution in [0.3, 0.4) is 0 Å². The Bertz CT molecular complexity index is 1020. The molecule has 1 aliphatic carbocycles. The van der Waals surface area contributed by atoms with Crippen molar-refractivity contribution >= 4 is 17.6 Å². The summed E-state index contributed by atoms with van der Waals surface area (Å²) in [6.45, 7) is 4.47. The summed E-state index contributed by atoms with van der Waals surface area (Å²) in [6, 6.07) is 12.5. The average molecular weight is 449 g/mol. The van der Waals surface area contributed by atoms with Gasteiger partial charge >= 0.3 is 6.03 Å². The Kier molecular flexibility index (Phi) is 7.33. The van der Waals surface area contributed by atoms with Crippen LogP contribution in [0, 0.1) is 6.92 Å². The minimum atomic E-state index is -0.0339. The van der Waals surface area contributed by atoms with E-state index in [0.717, 1.165) is 62.1 Å². The first-order valence-corrected chi connectivity index (χ1v) is 12.1.